The van der Waals surface area contributed by atoms with E-state index >= 15 is 0 Å². The second kappa shape index (κ2) is 12.6. The normalized spacial score (nSPS) is 27.2. The summed E-state index contributed by atoms with van der Waals surface area (Å²) in [6, 6.07) is 22.1. The van der Waals surface area contributed by atoms with E-state index in [1.165, 1.54) is 75.3 Å². The first-order valence-corrected chi connectivity index (χ1v) is 17.8. The first-order chi connectivity index (χ1) is 18.8. The minimum atomic E-state index is -0.530. The number of carbonyl (C=O) groups is 1. The first kappa shape index (κ1) is 29.1. The van der Waals surface area contributed by atoms with Gasteiger partial charge in [0.2, 0.25) is 0 Å². The van der Waals surface area contributed by atoms with Gasteiger partial charge in [-0.15, -0.1) is 9.24 Å². The van der Waals surface area contributed by atoms with Crippen molar-refractivity contribution in [1.82, 2.24) is 4.90 Å². The van der Waals surface area contributed by atoms with Crippen molar-refractivity contribution in [3.8, 4) is 0 Å². The van der Waals surface area contributed by atoms with Crippen LogP contribution in [-0.4, -0.2) is 46.3 Å². The number of likely N-dealkylation sites (tertiary alicyclic amines) is 1. The van der Waals surface area contributed by atoms with Gasteiger partial charge in [-0.05, 0) is 75.1 Å². The van der Waals surface area contributed by atoms with Crippen LogP contribution < -0.4 is 0 Å². The molecule has 39 heavy (non-hydrogen) atoms. The fraction of sp³-hybridized carbons (Fsp3) is 0.618. The van der Waals surface area contributed by atoms with Gasteiger partial charge in [0.15, 0.2) is 0 Å². The lowest BCUT2D eigenvalue weighted by molar-refractivity contribution is 0.00881. The lowest BCUT2D eigenvalue weighted by Gasteiger charge is -2.46. The monoisotopic (exact) mass is 565 g/mol. The maximum absolute atomic E-state index is 14.2. The molecule has 1 saturated heterocycles. The Morgan fingerprint density at radius 1 is 0.872 bits per heavy atom. The summed E-state index contributed by atoms with van der Waals surface area (Å²) >= 11 is 0. The Labute approximate surface area is 240 Å². The molecule has 0 aromatic heterocycles. The van der Waals surface area contributed by atoms with Crippen LogP contribution in [-0.2, 0) is 10.3 Å². The summed E-state index contributed by atoms with van der Waals surface area (Å²) in [5, 5.41) is 0. The molecule has 2 aromatic carbocycles. The molecule has 0 bridgehead atoms. The smallest absolute Gasteiger partial charge is 0.411 e. The van der Waals surface area contributed by atoms with E-state index in [4.69, 9.17) is 4.74 Å². The predicted molar refractivity (Wildman–Crippen MR) is 169 cm³/mol. The molecular formula is C34H49NO2P2. The number of hydrogen-bond donors (Lipinski definition) is 0. The van der Waals surface area contributed by atoms with Gasteiger partial charge < -0.3 is 4.74 Å². The highest BCUT2D eigenvalue weighted by molar-refractivity contribution is 7.60. The second-order valence-corrected chi connectivity index (χ2v) is 16.5. The van der Waals surface area contributed by atoms with Gasteiger partial charge in [-0.25, -0.2) is 4.79 Å². The standard InChI is InChI=1S/C34H49NO2P2/c1-33(2,3)37-32(36)35-24-30(39(28-20-12-6-13-21-28)29-22-14-7-15-23-29)31(26-16-8-4-9-17-26)34(35,25-38)27-18-10-5-11-19-27/h4-5,8-11,16-19,28-31H,6-7,12-15,20-25,38H2,1-3H3. The fourth-order valence-electron chi connectivity index (χ4n) is 7.94. The van der Waals surface area contributed by atoms with Gasteiger partial charge in [0, 0.05) is 18.1 Å². The molecule has 2 aliphatic carbocycles. The van der Waals surface area contributed by atoms with Crippen LogP contribution in [0.4, 0.5) is 4.79 Å². The third-order valence-electron chi connectivity index (χ3n) is 9.48. The number of amides is 1. The van der Waals surface area contributed by atoms with Crippen LogP contribution in [0.25, 0.3) is 0 Å². The number of ether oxygens (including phenoxy) is 1. The average Bonchev–Trinajstić information content (AvgIpc) is 3.30. The summed E-state index contributed by atoms with van der Waals surface area (Å²) in [6.07, 6.45) is 14.5. The van der Waals surface area contributed by atoms with Crippen molar-refractivity contribution in [2.24, 2.45) is 0 Å². The molecule has 2 aromatic rings. The summed E-state index contributed by atoms with van der Waals surface area (Å²) in [5.74, 6) is 0.251. The second-order valence-electron chi connectivity index (χ2n) is 13.1. The van der Waals surface area contributed by atoms with Crippen LogP contribution in [0.15, 0.2) is 60.7 Å². The maximum Gasteiger partial charge on any atom is 0.411 e. The molecule has 0 spiro atoms. The number of rotatable bonds is 6. The van der Waals surface area contributed by atoms with Crippen molar-refractivity contribution in [2.45, 2.75) is 119 Å². The summed E-state index contributed by atoms with van der Waals surface area (Å²) < 4.78 is 6.19. The Bertz CT molecular complexity index is 1040. The van der Waals surface area contributed by atoms with Gasteiger partial charge in [-0.1, -0.05) is 107 Å². The molecule has 1 heterocycles. The summed E-state index contributed by atoms with van der Waals surface area (Å²) in [4.78, 5) is 16.4. The van der Waals surface area contributed by atoms with Gasteiger partial charge in [0.1, 0.15) is 5.60 Å². The van der Waals surface area contributed by atoms with Crippen LogP contribution in [0.2, 0.25) is 0 Å². The molecular weight excluding hydrogens is 516 g/mol. The minimum absolute atomic E-state index is 0.153. The molecule has 5 heteroatoms. The molecule has 212 valence electrons. The van der Waals surface area contributed by atoms with Crippen LogP contribution in [0.3, 0.4) is 0 Å². The Kier molecular flexibility index (Phi) is 9.40. The van der Waals surface area contributed by atoms with Gasteiger partial charge >= 0.3 is 6.09 Å². The van der Waals surface area contributed by atoms with Crippen LogP contribution in [0, 0.1) is 0 Å². The first-order valence-electron chi connectivity index (χ1n) is 15.4. The molecule has 4 unspecified atom stereocenters. The predicted octanol–water partition coefficient (Wildman–Crippen LogP) is 9.31. The highest BCUT2D eigenvalue weighted by Crippen LogP contribution is 2.67. The van der Waals surface area contributed by atoms with Crippen molar-refractivity contribution < 1.29 is 9.53 Å². The van der Waals surface area contributed by atoms with Gasteiger partial charge in [0.05, 0.1) is 5.54 Å². The van der Waals surface area contributed by atoms with E-state index in [1.54, 1.807) is 0 Å². The van der Waals surface area contributed by atoms with Crippen molar-refractivity contribution >= 4 is 23.3 Å². The Morgan fingerprint density at radius 2 is 1.38 bits per heavy atom. The van der Waals surface area contributed by atoms with Crippen molar-refractivity contribution in [3.05, 3.63) is 71.8 Å². The molecule has 0 N–H and O–H groups in total. The molecule has 1 amide bonds. The summed E-state index contributed by atoms with van der Waals surface area (Å²) in [7, 11) is 2.81. The SMILES string of the molecule is CC(C)(C)OC(=O)N1CC(P(C2CCCCC2)C2CCCCC2)C(c2ccccc2)C1(CP)c1ccccc1. The summed E-state index contributed by atoms with van der Waals surface area (Å²) in [6.45, 7) is 6.79. The average molecular weight is 566 g/mol. The Hall–Kier alpha value is -1.43. The highest BCUT2D eigenvalue weighted by Gasteiger charge is 2.60. The minimum Gasteiger partial charge on any atom is -0.444 e. The molecule has 5 rings (SSSR count). The number of carbonyl (C=O) groups excluding carboxylic acids is 1. The van der Waals surface area contributed by atoms with Crippen molar-refractivity contribution in [2.75, 3.05) is 12.7 Å². The van der Waals surface area contributed by atoms with Gasteiger partial charge in [-0.2, -0.15) is 0 Å². The molecule has 4 atom stereocenters. The highest BCUT2D eigenvalue weighted by atomic mass is 31.1. The third kappa shape index (κ3) is 6.11. The lowest BCUT2D eigenvalue weighted by Crippen LogP contribution is -2.50. The Morgan fingerprint density at radius 3 is 1.87 bits per heavy atom. The van der Waals surface area contributed by atoms with E-state index in [0.717, 1.165) is 24.0 Å². The molecule has 1 aliphatic heterocycles. The van der Waals surface area contributed by atoms with E-state index in [-0.39, 0.29) is 19.9 Å². The molecule has 3 nitrogen and oxygen atoms in total. The van der Waals surface area contributed by atoms with Crippen molar-refractivity contribution in [3.63, 3.8) is 0 Å². The zero-order valence-electron chi connectivity index (χ0n) is 24.4. The molecule has 3 fully saturated rings. The van der Waals surface area contributed by atoms with Crippen LogP contribution >= 0.6 is 17.2 Å². The maximum atomic E-state index is 14.2. The van der Waals surface area contributed by atoms with Gasteiger partial charge in [0.25, 0.3) is 0 Å². The summed E-state index contributed by atoms with van der Waals surface area (Å²) in [5.41, 5.74) is 3.77. The van der Waals surface area contributed by atoms with E-state index in [1.807, 2.05) is 20.8 Å². The van der Waals surface area contributed by atoms with Crippen LogP contribution in [0.5, 0.6) is 0 Å². The zero-order valence-corrected chi connectivity index (χ0v) is 26.4. The largest absolute Gasteiger partial charge is 0.444 e. The topological polar surface area (TPSA) is 29.5 Å². The quantitative estimate of drug-likeness (QED) is 0.327. The van der Waals surface area contributed by atoms with E-state index in [0.29, 0.717) is 5.66 Å². The van der Waals surface area contributed by atoms with Crippen molar-refractivity contribution in [1.29, 1.82) is 0 Å². The van der Waals surface area contributed by atoms with E-state index in [2.05, 4.69) is 74.8 Å². The lowest BCUT2D eigenvalue weighted by atomic mass is 9.76. The Balaban J connectivity index is 1.69. The van der Waals surface area contributed by atoms with E-state index in [9.17, 15) is 4.79 Å². The van der Waals surface area contributed by atoms with Crippen LogP contribution in [0.1, 0.15) is 102 Å². The third-order valence-corrected chi connectivity index (χ3v) is 14.1. The van der Waals surface area contributed by atoms with Gasteiger partial charge in [-0.3, -0.25) is 4.90 Å². The van der Waals surface area contributed by atoms with E-state index < -0.39 is 11.1 Å². The molecule has 2 saturated carbocycles. The molecule has 0 radical (unpaired) electrons. The zero-order chi connectivity index (χ0) is 27.5. The molecule has 3 aliphatic rings. The fourth-order valence-corrected chi connectivity index (χ4v) is 13.4. The number of benzene rings is 2. The number of nitrogens with zero attached hydrogens (tertiary/aromatic N) is 1. The number of hydrogen-bond acceptors (Lipinski definition) is 2.